The first-order valence-electron chi connectivity index (χ1n) is 4.28. The Kier molecular flexibility index (Phi) is 3.54. The van der Waals surface area contributed by atoms with Crippen LogP contribution in [0.2, 0.25) is 0 Å². The molecule has 0 aliphatic heterocycles. The minimum Gasteiger partial charge on any atom is -0.465 e. The van der Waals surface area contributed by atoms with E-state index in [1.807, 2.05) is 0 Å². The van der Waals surface area contributed by atoms with Gasteiger partial charge in [0.25, 0.3) is 0 Å². The standard InChI is InChI=1S/C8H12ClNO3/c9-7(11)5-1-3-6(4-2-5)10-8(12)13/h5-6,10H,1-4H2,(H,12,13). The lowest BCUT2D eigenvalue weighted by Crippen LogP contribution is -2.37. The van der Waals surface area contributed by atoms with Crippen LogP contribution in [0, 0.1) is 5.92 Å². The maximum absolute atomic E-state index is 10.8. The van der Waals surface area contributed by atoms with Gasteiger partial charge in [-0.25, -0.2) is 4.79 Å². The molecule has 74 valence electrons. The maximum Gasteiger partial charge on any atom is 0.404 e. The van der Waals surface area contributed by atoms with Crippen molar-refractivity contribution >= 4 is 22.9 Å². The highest BCUT2D eigenvalue weighted by Crippen LogP contribution is 2.25. The van der Waals surface area contributed by atoms with Crippen molar-refractivity contribution in [1.29, 1.82) is 0 Å². The lowest BCUT2D eigenvalue weighted by atomic mass is 9.87. The number of nitrogens with one attached hydrogen (secondary N) is 1. The van der Waals surface area contributed by atoms with E-state index in [0.29, 0.717) is 25.7 Å². The Morgan fingerprint density at radius 3 is 2.15 bits per heavy atom. The largest absolute Gasteiger partial charge is 0.465 e. The summed E-state index contributed by atoms with van der Waals surface area (Å²) in [4.78, 5) is 21.0. The van der Waals surface area contributed by atoms with Gasteiger partial charge in [-0.15, -0.1) is 0 Å². The molecule has 1 rings (SSSR count). The molecule has 0 saturated heterocycles. The average molecular weight is 206 g/mol. The van der Waals surface area contributed by atoms with Gasteiger partial charge in [-0.3, -0.25) is 4.79 Å². The molecule has 0 radical (unpaired) electrons. The summed E-state index contributed by atoms with van der Waals surface area (Å²) in [5, 5.41) is 10.5. The van der Waals surface area contributed by atoms with Gasteiger partial charge in [0.2, 0.25) is 5.24 Å². The average Bonchev–Trinajstić information content (AvgIpc) is 2.04. The van der Waals surface area contributed by atoms with Crippen LogP contribution in [-0.4, -0.2) is 22.5 Å². The number of amides is 1. The molecule has 1 fully saturated rings. The highest BCUT2D eigenvalue weighted by atomic mass is 35.5. The minimum atomic E-state index is -0.999. The number of hydrogen-bond donors (Lipinski definition) is 2. The molecule has 13 heavy (non-hydrogen) atoms. The zero-order valence-electron chi connectivity index (χ0n) is 7.12. The molecule has 2 N–H and O–H groups in total. The van der Waals surface area contributed by atoms with E-state index < -0.39 is 6.09 Å². The van der Waals surface area contributed by atoms with Crippen molar-refractivity contribution in [3.63, 3.8) is 0 Å². The van der Waals surface area contributed by atoms with Crippen LogP contribution in [-0.2, 0) is 4.79 Å². The smallest absolute Gasteiger partial charge is 0.404 e. The van der Waals surface area contributed by atoms with E-state index in [1.165, 1.54) is 0 Å². The van der Waals surface area contributed by atoms with Crippen LogP contribution in [0.25, 0.3) is 0 Å². The van der Waals surface area contributed by atoms with Gasteiger partial charge in [-0.05, 0) is 37.3 Å². The monoisotopic (exact) mass is 205 g/mol. The third-order valence-corrected chi connectivity index (χ3v) is 2.68. The number of halogens is 1. The van der Waals surface area contributed by atoms with Crippen molar-refractivity contribution in [2.24, 2.45) is 5.92 Å². The molecule has 4 nitrogen and oxygen atoms in total. The Hall–Kier alpha value is -0.770. The van der Waals surface area contributed by atoms with E-state index in [1.54, 1.807) is 0 Å². The normalized spacial score (nSPS) is 28.1. The highest BCUT2D eigenvalue weighted by Gasteiger charge is 2.25. The van der Waals surface area contributed by atoms with Gasteiger partial charge in [0.1, 0.15) is 0 Å². The van der Waals surface area contributed by atoms with Gasteiger partial charge in [-0.2, -0.15) is 0 Å². The van der Waals surface area contributed by atoms with Gasteiger partial charge in [0, 0.05) is 12.0 Å². The quantitative estimate of drug-likeness (QED) is 0.673. The lowest BCUT2D eigenvalue weighted by Gasteiger charge is -2.25. The molecular formula is C8H12ClNO3. The molecule has 0 heterocycles. The summed E-state index contributed by atoms with van der Waals surface area (Å²) < 4.78 is 0. The zero-order valence-corrected chi connectivity index (χ0v) is 7.88. The Morgan fingerprint density at radius 1 is 1.23 bits per heavy atom. The topological polar surface area (TPSA) is 66.4 Å². The van der Waals surface area contributed by atoms with Crippen molar-refractivity contribution in [2.75, 3.05) is 0 Å². The summed E-state index contributed by atoms with van der Waals surface area (Å²) >= 11 is 5.33. The summed E-state index contributed by atoms with van der Waals surface area (Å²) in [5.74, 6) is -0.0755. The predicted octanol–water partition coefficient (Wildman–Crippen LogP) is 1.58. The molecule has 1 amide bonds. The van der Waals surface area contributed by atoms with Gasteiger partial charge >= 0.3 is 6.09 Å². The van der Waals surface area contributed by atoms with Crippen molar-refractivity contribution in [1.82, 2.24) is 5.32 Å². The van der Waals surface area contributed by atoms with Crippen LogP contribution >= 0.6 is 11.6 Å². The Morgan fingerprint density at radius 2 is 1.77 bits per heavy atom. The van der Waals surface area contributed by atoms with Crippen LogP contribution < -0.4 is 5.32 Å². The fraction of sp³-hybridized carbons (Fsp3) is 0.750. The van der Waals surface area contributed by atoms with Gasteiger partial charge in [0.15, 0.2) is 0 Å². The van der Waals surface area contributed by atoms with E-state index >= 15 is 0 Å². The van der Waals surface area contributed by atoms with Crippen LogP contribution in [0.3, 0.4) is 0 Å². The number of carbonyl (C=O) groups is 2. The van der Waals surface area contributed by atoms with Crippen molar-refractivity contribution in [3.8, 4) is 0 Å². The maximum atomic E-state index is 10.8. The van der Waals surface area contributed by atoms with Crippen molar-refractivity contribution < 1.29 is 14.7 Å². The molecule has 0 aromatic rings. The van der Waals surface area contributed by atoms with Crippen molar-refractivity contribution in [2.45, 2.75) is 31.7 Å². The summed E-state index contributed by atoms with van der Waals surface area (Å²) in [5.41, 5.74) is 0. The SMILES string of the molecule is O=C(O)NC1CCC(C(=O)Cl)CC1. The summed E-state index contributed by atoms with van der Waals surface area (Å²) in [7, 11) is 0. The second kappa shape index (κ2) is 4.46. The molecule has 1 aliphatic rings. The third-order valence-electron chi connectivity index (χ3n) is 2.38. The molecule has 5 heteroatoms. The number of rotatable bonds is 2. The van der Waals surface area contributed by atoms with E-state index in [0.717, 1.165) is 0 Å². The Labute approximate surface area is 81.3 Å². The first-order chi connectivity index (χ1) is 6.09. The third kappa shape index (κ3) is 3.22. The zero-order chi connectivity index (χ0) is 9.84. The van der Waals surface area contributed by atoms with Gasteiger partial charge < -0.3 is 10.4 Å². The van der Waals surface area contributed by atoms with Gasteiger partial charge in [0.05, 0.1) is 0 Å². The fourth-order valence-electron chi connectivity index (χ4n) is 1.64. The van der Waals surface area contributed by atoms with Crippen LogP contribution in [0.4, 0.5) is 4.79 Å². The lowest BCUT2D eigenvalue weighted by molar-refractivity contribution is -0.116. The fourth-order valence-corrected chi connectivity index (χ4v) is 1.86. The van der Waals surface area contributed by atoms with E-state index in [-0.39, 0.29) is 17.2 Å². The van der Waals surface area contributed by atoms with Crippen molar-refractivity contribution in [3.05, 3.63) is 0 Å². The molecular weight excluding hydrogens is 194 g/mol. The summed E-state index contributed by atoms with van der Waals surface area (Å²) in [6.45, 7) is 0. The summed E-state index contributed by atoms with van der Waals surface area (Å²) in [6.07, 6.45) is 1.78. The molecule has 1 aliphatic carbocycles. The number of carboxylic acid groups (broad SMARTS) is 1. The second-order valence-electron chi connectivity index (χ2n) is 3.30. The Balaban J connectivity index is 2.30. The molecule has 0 atom stereocenters. The first-order valence-corrected chi connectivity index (χ1v) is 4.66. The second-order valence-corrected chi connectivity index (χ2v) is 3.67. The number of hydrogen-bond acceptors (Lipinski definition) is 2. The molecule has 1 saturated carbocycles. The molecule has 0 unspecified atom stereocenters. The Bertz CT molecular complexity index is 211. The van der Waals surface area contributed by atoms with Crippen LogP contribution in [0.1, 0.15) is 25.7 Å². The molecule has 0 spiro atoms. The molecule has 0 bridgehead atoms. The van der Waals surface area contributed by atoms with Crippen LogP contribution in [0.15, 0.2) is 0 Å². The minimum absolute atomic E-state index is 0.00948. The summed E-state index contributed by atoms with van der Waals surface area (Å²) in [6, 6.07) is -0.00948. The van der Waals surface area contributed by atoms with Gasteiger partial charge in [-0.1, -0.05) is 0 Å². The highest BCUT2D eigenvalue weighted by molar-refractivity contribution is 6.63. The molecule has 0 aromatic heterocycles. The predicted molar refractivity (Wildman–Crippen MR) is 47.8 cm³/mol. The number of carbonyl (C=O) groups excluding carboxylic acids is 1. The van der Waals surface area contributed by atoms with E-state index in [4.69, 9.17) is 16.7 Å². The molecule has 0 aromatic carbocycles. The van der Waals surface area contributed by atoms with E-state index in [2.05, 4.69) is 5.32 Å². The first kappa shape index (κ1) is 10.3. The van der Waals surface area contributed by atoms with Crippen LogP contribution in [0.5, 0.6) is 0 Å². The van der Waals surface area contributed by atoms with E-state index in [9.17, 15) is 9.59 Å².